The van der Waals surface area contributed by atoms with Gasteiger partial charge in [-0.1, -0.05) is 24.8 Å². The number of ketones is 1. The van der Waals surface area contributed by atoms with Gasteiger partial charge in [-0.05, 0) is 25.8 Å². The molecule has 0 aromatic heterocycles. The van der Waals surface area contributed by atoms with Gasteiger partial charge in [0.2, 0.25) is 5.91 Å². The predicted octanol–water partition coefficient (Wildman–Crippen LogP) is 1.80. The highest BCUT2D eigenvalue weighted by Crippen LogP contribution is 2.07. The number of carbonyl (C=O) groups excluding carboxylic acids is 3. The van der Waals surface area contributed by atoms with Gasteiger partial charge in [-0.3, -0.25) is 9.59 Å². The zero-order valence-corrected chi connectivity index (χ0v) is 13.4. The molecule has 0 radical (unpaired) electrons. The summed E-state index contributed by atoms with van der Waals surface area (Å²) in [7, 11) is -3.99. The molecule has 7 heteroatoms. The van der Waals surface area contributed by atoms with E-state index in [0.717, 1.165) is 6.29 Å². The Labute approximate surface area is 131 Å². The minimum Gasteiger partial charge on any atom is -0.303 e. The third-order valence-corrected chi connectivity index (χ3v) is 4.11. The molecule has 0 rings (SSSR count). The summed E-state index contributed by atoms with van der Waals surface area (Å²) < 4.78 is 25.7. The Morgan fingerprint density at radius 1 is 1.23 bits per heavy atom. The van der Waals surface area contributed by atoms with Crippen LogP contribution in [0.5, 0.6) is 0 Å². The molecule has 0 spiro atoms. The number of hydrogen-bond acceptors (Lipinski definition) is 5. The van der Waals surface area contributed by atoms with Gasteiger partial charge in [0.15, 0.2) is 0 Å². The maximum atomic E-state index is 11.9. The Balaban J connectivity index is 4.51. The average molecular weight is 327 g/mol. The fourth-order valence-electron chi connectivity index (χ4n) is 1.57. The van der Waals surface area contributed by atoms with E-state index in [0.29, 0.717) is 19.3 Å². The first-order valence-corrected chi connectivity index (χ1v) is 8.32. The van der Waals surface area contributed by atoms with Crippen LogP contribution >= 0.6 is 0 Å². The molecule has 0 bridgehead atoms. The van der Waals surface area contributed by atoms with E-state index in [1.165, 1.54) is 31.2 Å². The van der Waals surface area contributed by atoms with Crippen LogP contribution in [0.25, 0.3) is 0 Å². The highest BCUT2D eigenvalue weighted by Gasteiger charge is 2.19. The fourth-order valence-corrected chi connectivity index (χ4v) is 2.62. The maximum Gasteiger partial charge on any atom is 0.263 e. The zero-order chi connectivity index (χ0) is 17.0. The summed E-state index contributed by atoms with van der Waals surface area (Å²) in [4.78, 5) is 33.2. The van der Waals surface area contributed by atoms with Crippen molar-refractivity contribution in [3.63, 3.8) is 0 Å². The molecule has 1 N–H and O–H groups in total. The van der Waals surface area contributed by atoms with Crippen LogP contribution in [-0.4, -0.2) is 26.4 Å². The number of hydrogen-bond donors (Lipinski definition) is 1. The molecule has 0 atom stereocenters. The second-order valence-corrected chi connectivity index (χ2v) is 6.12. The lowest BCUT2D eigenvalue weighted by atomic mass is 10.1. The number of unbranched alkanes of at least 4 members (excludes halogenated alkanes) is 2. The van der Waals surface area contributed by atoms with Gasteiger partial charge in [0.05, 0.1) is 11.3 Å². The average Bonchev–Trinajstić information content (AvgIpc) is 2.43. The second-order valence-electron chi connectivity index (χ2n) is 4.44. The smallest absolute Gasteiger partial charge is 0.263 e. The largest absolute Gasteiger partial charge is 0.303 e. The maximum absolute atomic E-state index is 11.9. The van der Waals surface area contributed by atoms with Crippen molar-refractivity contribution in [1.29, 1.82) is 0 Å². The monoisotopic (exact) mass is 327 g/mol. The summed E-state index contributed by atoms with van der Waals surface area (Å²) in [6.07, 6.45) is 7.32. The van der Waals surface area contributed by atoms with Gasteiger partial charge in [0, 0.05) is 12.8 Å². The van der Waals surface area contributed by atoms with Gasteiger partial charge >= 0.3 is 0 Å². The molecular weight excluding hydrogens is 306 g/mol. The van der Waals surface area contributed by atoms with Crippen molar-refractivity contribution in [3.05, 3.63) is 35.8 Å². The molecule has 1 amide bonds. The predicted molar refractivity (Wildman–Crippen MR) is 84.3 cm³/mol. The van der Waals surface area contributed by atoms with Crippen molar-refractivity contribution in [1.82, 2.24) is 4.72 Å². The lowest BCUT2D eigenvalue weighted by Gasteiger charge is -2.07. The van der Waals surface area contributed by atoms with E-state index >= 15 is 0 Å². The van der Waals surface area contributed by atoms with Crippen LogP contribution < -0.4 is 4.72 Å². The third kappa shape index (κ3) is 8.31. The van der Waals surface area contributed by atoms with Crippen molar-refractivity contribution < 1.29 is 22.8 Å². The molecule has 0 aromatic rings. The number of allylic oxidation sites excluding steroid dienone is 4. The number of sulfonamides is 1. The van der Waals surface area contributed by atoms with E-state index in [1.54, 1.807) is 0 Å². The minimum atomic E-state index is -3.99. The molecule has 0 aliphatic heterocycles. The zero-order valence-electron chi connectivity index (χ0n) is 12.6. The van der Waals surface area contributed by atoms with Gasteiger partial charge < -0.3 is 4.79 Å². The van der Waals surface area contributed by atoms with Gasteiger partial charge in [-0.2, -0.15) is 0 Å². The number of Topliss-reactive ketones (excluding diaryl/α,β-unsaturated/α-hetero) is 1. The van der Waals surface area contributed by atoms with E-state index in [9.17, 15) is 22.8 Å². The minimum absolute atomic E-state index is 0.0841. The van der Waals surface area contributed by atoms with Crippen LogP contribution in [0.2, 0.25) is 0 Å². The lowest BCUT2D eigenvalue weighted by molar-refractivity contribution is -0.127. The summed E-state index contributed by atoms with van der Waals surface area (Å²) in [6, 6.07) is 0. The summed E-state index contributed by atoms with van der Waals surface area (Å²) in [5.74, 6) is -1.23. The Morgan fingerprint density at radius 2 is 1.91 bits per heavy atom. The Hall–Kier alpha value is -2.02. The first-order valence-electron chi connectivity index (χ1n) is 6.83. The first-order chi connectivity index (χ1) is 10.4. The summed E-state index contributed by atoms with van der Waals surface area (Å²) in [5, 5.41) is 0. The highest BCUT2D eigenvalue weighted by atomic mass is 32.2. The molecule has 22 heavy (non-hydrogen) atoms. The molecule has 0 aliphatic carbocycles. The van der Waals surface area contributed by atoms with Crippen molar-refractivity contribution in [2.45, 2.75) is 39.0 Å². The number of nitrogens with one attached hydrogen (secondary N) is 1. The molecule has 0 fully saturated rings. The number of carbonyl (C=O) groups is 3. The van der Waals surface area contributed by atoms with E-state index < -0.39 is 22.4 Å². The van der Waals surface area contributed by atoms with E-state index in [1.807, 2.05) is 4.72 Å². The van der Waals surface area contributed by atoms with Crippen LogP contribution in [0.15, 0.2) is 35.8 Å². The molecular formula is C15H21NO5S. The first kappa shape index (κ1) is 20.0. The quantitative estimate of drug-likeness (QED) is 0.270. The van der Waals surface area contributed by atoms with Gasteiger partial charge in [-0.25, -0.2) is 13.1 Å². The number of rotatable bonds is 11. The van der Waals surface area contributed by atoms with Crippen molar-refractivity contribution in [3.8, 4) is 0 Å². The van der Waals surface area contributed by atoms with E-state index in [2.05, 4.69) is 6.58 Å². The summed E-state index contributed by atoms with van der Waals surface area (Å²) in [5.41, 5.74) is 0. The molecule has 0 saturated heterocycles. The standard InChI is InChI=1S/C15H21NO5S/c1-3-5-10-14(4-2)22(20,21)16-15(19)12-13(18)9-7-6-8-11-17/h3-5,10-11H,1,6-9,12H2,2H3,(H,16,19)/b10-5-,14-4+. The fraction of sp³-hybridized carbons (Fsp3) is 0.400. The van der Waals surface area contributed by atoms with Gasteiger partial charge in [0.1, 0.15) is 12.1 Å². The van der Waals surface area contributed by atoms with Crippen molar-refractivity contribution in [2.24, 2.45) is 0 Å². The lowest BCUT2D eigenvalue weighted by Crippen LogP contribution is -2.32. The molecule has 0 saturated carbocycles. The van der Waals surface area contributed by atoms with E-state index in [-0.39, 0.29) is 17.1 Å². The van der Waals surface area contributed by atoms with Crippen molar-refractivity contribution in [2.75, 3.05) is 0 Å². The molecule has 0 heterocycles. The van der Waals surface area contributed by atoms with E-state index in [4.69, 9.17) is 0 Å². The van der Waals surface area contributed by atoms with Crippen LogP contribution in [-0.2, 0) is 24.4 Å². The Bertz CT molecular complexity index is 573. The van der Waals surface area contributed by atoms with Crippen LogP contribution in [0.1, 0.15) is 39.0 Å². The van der Waals surface area contributed by atoms with Gasteiger partial charge in [0.25, 0.3) is 10.0 Å². The van der Waals surface area contributed by atoms with Crippen LogP contribution in [0.4, 0.5) is 0 Å². The van der Waals surface area contributed by atoms with Gasteiger partial charge in [-0.15, -0.1) is 0 Å². The molecule has 0 unspecified atom stereocenters. The topological polar surface area (TPSA) is 97.4 Å². The molecule has 122 valence electrons. The van der Waals surface area contributed by atoms with Crippen LogP contribution in [0, 0.1) is 0 Å². The highest BCUT2D eigenvalue weighted by molar-refractivity contribution is 7.94. The summed E-state index contributed by atoms with van der Waals surface area (Å²) >= 11 is 0. The Morgan fingerprint density at radius 3 is 2.45 bits per heavy atom. The summed E-state index contributed by atoms with van der Waals surface area (Å²) in [6.45, 7) is 4.95. The molecule has 6 nitrogen and oxygen atoms in total. The number of amides is 1. The second kappa shape index (κ2) is 10.7. The van der Waals surface area contributed by atoms with Crippen LogP contribution in [0.3, 0.4) is 0 Å². The molecule has 0 aromatic carbocycles. The SMILES string of the molecule is C=C/C=C\C(=C/C)S(=O)(=O)NC(=O)CC(=O)CCCCC=O. The van der Waals surface area contributed by atoms with Crippen molar-refractivity contribution >= 4 is 28.0 Å². The molecule has 0 aliphatic rings. The Kier molecular flexibility index (Phi) is 9.69. The third-order valence-electron chi connectivity index (χ3n) is 2.62. The number of aldehydes is 1. The normalized spacial score (nSPS) is 12.1.